The van der Waals surface area contributed by atoms with Crippen LogP contribution in [0.25, 0.3) is 0 Å². The van der Waals surface area contributed by atoms with Crippen LogP contribution >= 0.6 is 23.2 Å². The third-order valence-corrected chi connectivity index (χ3v) is 10.6. The van der Waals surface area contributed by atoms with Crippen LogP contribution in [-0.2, 0) is 19.6 Å². The third-order valence-electron chi connectivity index (χ3n) is 7.94. The number of amides is 2. The summed E-state index contributed by atoms with van der Waals surface area (Å²) in [7, 11) is -2.95. The second-order valence-corrected chi connectivity index (χ2v) is 14.7. The number of sulfonamides is 1. The fraction of sp³-hybridized carbons (Fsp3) is 0.333. The van der Waals surface area contributed by atoms with Gasteiger partial charge in [0, 0.05) is 28.1 Å². The van der Waals surface area contributed by atoms with E-state index < -0.39 is 55.8 Å². The predicted molar refractivity (Wildman–Crippen MR) is 165 cm³/mol. The molecule has 4 atom stereocenters. The molecule has 5 N–H and O–H groups in total. The van der Waals surface area contributed by atoms with Gasteiger partial charge in [-0.3, -0.25) is 14.3 Å². The smallest absolute Gasteiger partial charge is 0.248 e. The number of nitrogens with one attached hydrogen (secondary N) is 3. The molecule has 0 aromatic heterocycles. The molecule has 0 radical (unpaired) electrons. The molecule has 0 bridgehead atoms. The van der Waals surface area contributed by atoms with Gasteiger partial charge in [0.2, 0.25) is 21.8 Å². The molecule has 2 heterocycles. The Morgan fingerprint density at radius 3 is 2.49 bits per heavy atom. The van der Waals surface area contributed by atoms with Gasteiger partial charge < -0.3 is 21.1 Å². The summed E-state index contributed by atoms with van der Waals surface area (Å²) in [6.45, 7) is 5.86. The molecule has 2 aliphatic rings. The zero-order valence-electron chi connectivity index (χ0n) is 23.8. The molecule has 3 aromatic rings. The molecule has 2 aliphatic heterocycles. The van der Waals surface area contributed by atoms with Crippen LogP contribution in [0.5, 0.6) is 5.75 Å². The van der Waals surface area contributed by atoms with Crippen LogP contribution in [0, 0.1) is 11.2 Å². The second-order valence-electron chi connectivity index (χ2n) is 11.9. The maximum absolute atomic E-state index is 16.0. The lowest BCUT2D eigenvalue weighted by molar-refractivity contribution is -0.118. The maximum atomic E-state index is 16.0. The Labute approximate surface area is 259 Å². The normalized spacial score (nSPS) is 23.9. The highest BCUT2D eigenvalue weighted by molar-refractivity contribution is 7.94. The van der Waals surface area contributed by atoms with Crippen LogP contribution in [-0.4, -0.2) is 39.4 Å². The van der Waals surface area contributed by atoms with Crippen LogP contribution < -0.4 is 25.8 Å². The standard InChI is InChI=1S/C30H31Cl2FN4O5S/c1-29(2,3)14-23-30(18-10-9-16(31)13-21(18)37-43(30,40)41)24(17-6-5-7-19(32)25(17)33)26(36-23)28(39)35-20-11-8-15(27(34)38)12-22(20)42-4/h5-13,23-24,26,36-37H,14H2,1-4H3,(H2,34,38)(H,35,39). The zero-order valence-corrected chi connectivity index (χ0v) is 26.1. The van der Waals surface area contributed by atoms with Crippen molar-refractivity contribution in [2.24, 2.45) is 11.1 Å². The summed E-state index contributed by atoms with van der Waals surface area (Å²) in [4.78, 5) is 25.9. The van der Waals surface area contributed by atoms with Crippen molar-refractivity contribution in [3.05, 3.63) is 87.2 Å². The van der Waals surface area contributed by atoms with E-state index in [9.17, 15) is 18.0 Å². The van der Waals surface area contributed by atoms with Crippen molar-refractivity contribution in [2.75, 3.05) is 17.1 Å². The van der Waals surface area contributed by atoms with Crippen molar-refractivity contribution in [3.8, 4) is 5.75 Å². The molecule has 43 heavy (non-hydrogen) atoms. The van der Waals surface area contributed by atoms with Crippen molar-refractivity contribution in [3.63, 3.8) is 0 Å². The van der Waals surface area contributed by atoms with Gasteiger partial charge >= 0.3 is 0 Å². The molecule has 0 saturated carbocycles. The number of rotatable bonds is 6. The molecular weight excluding hydrogens is 618 g/mol. The maximum Gasteiger partial charge on any atom is 0.248 e. The lowest BCUT2D eigenvalue weighted by atomic mass is 9.72. The molecule has 1 spiro atoms. The number of nitrogens with two attached hydrogens (primary N) is 1. The van der Waals surface area contributed by atoms with Crippen LogP contribution in [0.15, 0.2) is 54.6 Å². The van der Waals surface area contributed by atoms with E-state index in [1.54, 1.807) is 12.1 Å². The number of ether oxygens (including phenoxy) is 1. The van der Waals surface area contributed by atoms with Crippen LogP contribution in [0.2, 0.25) is 10.0 Å². The number of anilines is 2. The van der Waals surface area contributed by atoms with Gasteiger partial charge in [-0.1, -0.05) is 62.2 Å². The number of hydrogen-bond acceptors (Lipinski definition) is 6. The van der Waals surface area contributed by atoms with E-state index in [4.69, 9.17) is 33.7 Å². The lowest BCUT2D eigenvalue weighted by Crippen LogP contribution is -2.49. The van der Waals surface area contributed by atoms with Gasteiger partial charge in [0.1, 0.15) is 16.3 Å². The van der Waals surface area contributed by atoms with Gasteiger partial charge in [-0.25, -0.2) is 12.8 Å². The molecule has 1 saturated heterocycles. The molecule has 1 fully saturated rings. The molecule has 2 amide bonds. The van der Waals surface area contributed by atoms with Crippen LogP contribution in [0.4, 0.5) is 15.8 Å². The molecule has 9 nitrogen and oxygen atoms in total. The Morgan fingerprint density at radius 2 is 1.84 bits per heavy atom. The summed E-state index contributed by atoms with van der Waals surface area (Å²) in [5.41, 5.74) is 5.93. The van der Waals surface area contributed by atoms with E-state index in [0.29, 0.717) is 17.0 Å². The number of carbonyl (C=O) groups is 2. The largest absolute Gasteiger partial charge is 0.495 e. The first-order valence-corrected chi connectivity index (χ1v) is 15.7. The monoisotopic (exact) mass is 648 g/mol. The number of hydrogen-bond donors (Lipinski definition) is 4. The summed E-state index contributed by atoms with van der Waals surface area (Å²) in [6, 6.07) is 11.1. The number of methoxy groups -OCH3 is 1. The highest BCUT2D eigenvalue weighted by Crippen LogP contribution is 2.60. The number of benzene rings is 3. The Balaban J connectivity index is 1.74. The molecule has 5 rings (SSSR count). The molecular formula is C30H31Cl2FN4O5S. The highest BCUT2D eigenvalue weighted by atomic mass is 35.5. The first kappa shape index (κ1) is 31.1. The highest BCUT2D eigenvalue weighted by Gasteiger charge is 2.69. The van der Waals surface area contributed by atoms with Crippen molar-refractivity contribution < 1.29 is 27.1 Å². The third kappa shape index (κ3) is 5.22. The van der Waals surface area contributed by atoms with Gasteiger partial charge in [0.05, 0.1) is 29.5 Å². The Kier molecular flexibility index (Phi) is 7.92. The SMILES string of the molecule is COc1cc(C(N)=O)ccc1NC(=O)C1NC(CC(C)(C)C)C2(c3ccc(Cl)cc3NS2(=O)=O)C1c1cccc(Cl)c1F. The number of carbonyl (C=O) groups excluding carboxylic acids is 2. The topological polar surface area (TPSA) is 140 Å². The average molecular weight is 650 g/mol. The number of halogens is 3. The summed E-state index contributed by atoms with van der Waals surface area (Å²) >= 11 is 12.5. The summed E-state index contributed by atoms with van der Waals surface area (Å²) in [5.74, 6) is -3.29. The van der Waals surface area contributed by atoms with Crippen molar-refractivity contribution in [1.82, 2.24) is 5.32 Å². The summed E-state index contributed by atoms with van der Waals surface area (Å²) in [6.07, 6.45) is 0.301. The minimum absolute atomic E-state index is 0.0409. The van der Waals surface area contributed by atoms with Gasteiger partial charge in [0.25, 0.3) is 0 Å². The second kappa shape index (κ2) is 11.0. The predicted octanol–water partition coefficient (Wildman–Crippen LogP) is 5.39. The van der Waals surface area contributed by atoms with Crippen LogP contribution in [0.3, 0.4) is 0 Å². The summed E-state index contributed by atoms with van der Waals surface area (Å²) < 4.78 is 51.0. The minimum Gasteiger partial charge on any atom is -0.495 e. The van der Waals surface area contributed by atoms with Gasteiger partial charge in [-0.05, 0) is 53.8 Å². The van der Waals surface area contributed by atoms with Crippen molar-refractivity contribution in [1.29, 1.82) is 0 Å². The quantitative estimate of drug-likeness (QED) is 0.283. The van der Waals surface area contributed by atoms with Gasteiger partial charge in [0.15, 0.2) is 0 Å². The first-order chi connectivity index (χ1) is 20.1. The van der Waals surface area contributed by atoms with Gasteiger partial charge in [-0.2, -0.15) is 0 Å². The van der Waals surface area contributed by atoms with Gasteiger partial charge in [-0.15, -0.1) is 0 Å². The lowest BCUT2D eigenvalue weighted by Gasteiger charge is -2.38. The van der Waals surface area contributed by atoms with E-state index in [1.165, 1.54) is 49.6 Å². The number of primary amides is 1. The van der Waals surface area contributed by atoms with E-state index in [0.717, 1.165) is 0 Å². The Morgan fingerprint density at radius 1 is 1.12 bits per heavy atom. The fourth-order valence-electron chi connectivity index (χ4n) is 6.31. The molecule has 3 aromatic carbocycles. The molecule has 13 heteroatoms. The average Bonchev–Trinajstić information content (AvgIpc) is 3.36. The van der Waals surface area contributed by atoms with Crippen molar-refractivity contribution >= 4 is 56.4 Å². The first-order valence-electron chi connectivity index (χ1n) is 13.4. The van der Waals surface area contributed by atoms with E-state index >= 15 is 4.39 Å². The molecule has 0 aliphatic carbocycles. The molecule has 4 unspecified atom stereocenters. The molecule has 228 valence electrons. The zero-order chi connectivity index (χ0) is 31.5. The minimum atomic E-state index is -4.31. The van der Waals surface area contributed by atoms with E-state index in [-0.39, 0.29) is 33.3 Å². The Bertz CT molecular complexity index is 1750. The summed E-state index contributed by atoms with van der Waals surface area (Å²) in [5, 5.41) is 6.16. The number of fused-ring (bicyclic) bond motifs is 2. The van der Waals surface area contributed by atoms with E-state index in [2.05, 4.69) is 15.4 Å². The van der Waals surface area contributed by atoms with Crippen LogP contribution in [0.1, 0.15) is 54.6 Å². The van der Waals surface area contributed by atoms with E-state index in [1.807, 2.05) is 20.8 Å². The fourth-order valence-corrected chi connectivity index (χ4v) is 8.88. The Hall–Kier alpha value is -3.38. The van der Waals surface area contributed by atoms with Crippen molar-refractivity contribution in [2.45, 2.75) is 49.9 Å².